The second-order valence-corrected chi connectivity index (χ2v) is 7.72. The van der Waals surface area contributed by atoms with E-state index in [2.05, 4.69) is 37.0 Å². The molecule has 2 aromatic carbocycles. The molecular formula is C25H19FN8O2. The molecule has 0 aliphatic carbocycles. The Kier molecular flexibility index (Phi) is 5.79. The van der Waals surface area contributed by atoms with Crippen molar-refractivity contribution in [2.75, 3.05) is 11.1 Å². The van der Waals surface area contributed by atoms with Gasteiger partial charge in [0.15, 0.2) is 17.4 Å². The van der Waals surface area contributed by atoms with Crippen molar-refractivity contribution in [1.82, 2.24) is 29.8 Å². The van der Waals surface area contributed by atoms with Gasteiger partial charge in [0.05, 0.1) is 0 Å². The number of halogens is 1. The van der Waals surface area contributed by atoms with Crippen LogP contribution in [0.4, 0.5) is 15.9 Å². The molecule has 10 nitrogen and oxygen atoms in total. The first-order chi connectivity index (χ1) is 17.4. The summed E-state index contributed by atoms with van der Waals surface area (Å²) in [6.45, 7) is 5.23. The minimum absolute atomic E-state index is 0.00130. The second kappa shape index (κ2) is 9.22. The number of nitrogens with two attached hydrogens (primary N) is 1. The van der Waals surface area contributed by atoms with E-state index in [1.165, 1.54) is 35.5 Å². The van der Waals surface area contributed by atoms with Crippen LogP contribution >= 0.6 is 0 Å². The fourth-order valence-corrected chi connectivity index (χ4v) is 3.64. The van der Waals surface area contributed by atoms with E-state index in [0.29, 0.717) is 39.3 Å². The lowest BCUT2D eigenvalue weighted by molar-refractivity contribution is -0.111. The molecule has 5 rings (SSSR count). The molecule has 0 radical (unpaired) electrons. The third-order valence-electron chi connectivity index (χ3n) is 5.29. The number of aromatic nitrogens is 6. The van der Waals surface area contributed by atoms with Crippen molar-refractivity contribution in [2.24, 2.45) is 0 Å². The highest BCUT2D eigenvalue weighted by Gasteiger charge is 2.21. The maximum atomic E-state index is 15.2. The van der Waals surface area contributed by atoms with Crippen LogP contribution in [0.15, 0.2) is 73.8 Å². The van der Waals surface area contributed by atoms with Gasteiger partial charge < -0.3 is 15.8 Å². The molecule has 178 valence electrons. The van der Waals surface area contributed by atoms with Crippen LogP contribution in [-0.4, -0.2) is 35.7 Å². The highest BCUT2D eigenvalue weighted by Crippen LogP contribution is 2.38. The average molecular weight is 482 g/mol. The molecule has 0 fully saturated rings. The average Bonchev–Trinajstić information content (AvgIpc) is 3.27. The van der Waals surface area contributed by atoms with Crippen LogP contribution < -0.4 is 15.8 Å². The number of carbonyl (C=O) groups excluding carboxylic acids is 1. The Labute approximate surface area is 204 Å². The fourth-order valence-electron chi connectivity index (χ4n) is 3.64. The molecule has 3 aromatic heterocycles. The molecule has 0 aliphatic rings. The lowest BCUT2D eigenvalue weighted by atomic mass is 9.99. The van der Waals surface area contributed by atoms with Gasteiger partial charge >= 0.3 is 0 Å². The van der Waals surface area contributed by atoms with E-state index in [4.69, 9.17) is 10.5 Å². The van der Waals surface area contributed by atoms with Gasteiger partial charge in [-0.15, -0.1) is 14.8 Å². The lowest BCUT2D eigenvalue weighted by Crippen LogP contribution is -2.06. The highest BCUT2D eigenvalue weighted by molar-refractivity contribution is 5.99. The number of hydrogen-bond donors (Lipinski definition) is 2. The molecule has 36 heavy (non-hydrogen) atoms. The summed E-state index contributed by atoms with van der Waals surface area (Å²) in [5, 5.41) is 11.4. The van der Waals surface area contributed by atoms with Crippen LogP contribution in [-0.2, 0) is 4.79 Å². The van der Waals surface area contributed by atoms with Crippen LogP contribution in [0, 0.1) is 12.7 Å². The standard InChI is InChI=1S/C25H19FN8O2/c1-3-20(35)32-17-7-4-15(5-8-17)23-22(24-25(27)30-13-31-34(24)33-23)16-6-9-19(18(26)11-16)36-21-10-14(2)28-12-29-21/h3-13H,1H2,2H3,(H,32,35)(H2,27,30,31). The molecule has 3 heterocycles. The molecule has 0 bridgehead atoms. The summed E-state index contributed by atoms with van der Waals surface area (Å²) in [5.74, 6) is -0.513. The van der Waals surface area contributed by atoms with Gasteiger partial charge in [-0.25, -0.2) is 19.3 Å². The van der Waals surface area contributed by atoms with Gasteiger partial charge in [-0.3, -0.25) is 4.79 Å². The first kappa shape index (κ1) is 22.6. The number of aryl methyl sites for hydroxylation is 1. The summed E-state index contributed by atoms with van der Waals surface area (Å²) in [5.41, 5.74) is 10.1. The third kappa shape index (κ3) is 4.32. The Balaban J connectivity index is 1.59. The minimum atomic E-state index is -0.605. The van der Waals surface area contributed by atoms with Crippen molar-refractivity contribution < 1.29 is 13.9 Å². The second-order valence-electron chi connectivity index (χ2n) is 7.72. The van der Waals surface area contributed by atoms with Gasteiger partial charge in [0.2, 0.25) is 11.8 Å². The predicted octanol–water partition coefficient (Wildman–Crippen LogP) is 4.19. The molecule has 0 unspecified atom stereocenters. The molecular weight excluding hydrogens is 463 g/mol. The quantitative estimate of drug-likeness (QED) is 0.344. The zero-order chi connectivity index (χ0) is 25.2. The van der Waals surface area contributed by atoms with Crippen LogP contribution in [0.1, 0.15) is 5.69 Å². The summed E-state index contributed by atoms with van der Waals surface area (Å²) in [7, 11) is 0. The number of carbonyl (C=O) groups is 1. The number of benzene rings is 2. The minimum Gasteiger partial charge on any atom is -0.436 e. The number of fused-ring (bicyclic) bond motifs is 1. The van der Waals surface area contributed by atoms with Gasteiger partial charge in [-0.2, -0.15) is 0 Å². The van der Waals surface area contributed by atoms with Gasteiger partial charge in [-0.1, -0.05) is 24.8 Å². The van der Waals surface area contributed by atoms with Crippen molar-refractivity contribution in [2.45, 2.75) is 6.92 Å². The number of amides is 1. The third-order valence-corrected chi connectivity index (χ3v) is 5.29. The zero-order valence-electron chi connectivity index (χ0n) is 19.0. The van der Waals surface area contributed by atoms with Crippen molar-refractivity contribution in [3.05, 3.63) is 85.4 Å². The van der Waals surface area contributed by atoms with Gasteiger partial charge in [0.25, 0.3) is 0 Å². The Morgan fingerprint density at radius 1 is 1.08 bits per heavy atom. The van der Waals surface area contributed by atoms with E-state index in [0.717, 1.165) is 0 Å². The van der Waals surface area contributed by atoms with Crippen LogP contribution in [0.25, 0.3) is 27.9 Å². The van der Waals surface area contributed by atoms with E-state index in [9.17, 15) is 4.79 Å². The Bertz CT molecular complexity index is 1620. The molecule has 0 atom stereocenters. The molecule has 0 saturated carbocycles. The van der Waals surface area contributed by atoms with Gasteiger partial charge in [0, 0.05) is 28.6 Å². The predicted molar refractivity (Wildman–Crippen MR) is 132 cm³/mol. The summed E-state index contributed by atoms with van der Waals surface area (Å²) < 4.78 is 22.1. The summed E-state index contributed by atoms with van der Waals surface area (Å²) in [4.78, 5) is 23.7. The zero-order valence-corrected chi connectivity index (χ0v) is 19.0. The molecule has 11 heteroatoms. The Morgan fingerprint density at radius 2 is 1.86 bits per heavy atom. The van der Waals surface area contributed by atoms with Crippen molar-refractivity contribution >= 4 is 22.9 Å². The van der Waals surface area contributed by atoms with Crippen molar-refractivity contribution in [1.29, 1.82) is 0 Å². The van der Waals surface area contributed by atoms with Crippen LogP contribution in [0.2, 0.25) is 0 Å². The monoisotopic (exact) mass is 482 g/mol. The number of hydrogen-bond acceptors (Lipinski definition) is 8. The fraction of sp³-hybridized carbons (Fsp3) is 0.0400. The maximum Gasteiger partial charge on any atom is 0.247 e. The number of rotatable bonds is 6. The first-order valence-corrected chi connectivity index (χ1v) is 10.7. The first-order valence-electron chi connectivity index (χ1n) is 10.7. The topological polar surface area (TPSA) is 133 Å². The molecule has 0 saturated heterocycles. The molecule has 3 N–H and O–H groups in total. The number of ether oxygens (including phenoxy) is 1. The van der Waals surface area contributed by atoms with Crippen molar-refractivity contribution in [3.8, 4) is 34.0 Å². The van der Waals surface area contributed by atoms with Gasteiger partial charge in [0.1, 0.15) is 23.9 Å². The highest BCUT2D eigenvalue weighted by atomic mass is 19.1. The van der Waals surface area contributed by atoms with Crippen LogP contribution in [0.5, 0.6) is 11.6 Å². The molecule has 1 amide bonds. The summed E-state index contributed by atoms with van der Waals surface area (Å²) >= 11 is 0. The van der Waals surface area contributed by atoms with E-state index in [1.54, 1.807) is 43.3 Å². The van der Waals surface area contributed by atoms with Gasteiger partial charge in [-0.05, 0) is 42.8 Å². The summed E-state index contributed by atoms with van der Waals surface area (Å²) in [6.07, 6.45) is 3.82. The SMILES string of the molecule is C=CC(=O)Nc1ccc(-c2nn3ncnc(N)c3c2-c2ccc(Oc3cc(C)ncn3)c(F)c2)cc1. The number of nitrogen functional groups attached to an aromatic ring is 1. The number of nitrogens with one attached hydrogen (secondary N) is 1. The van der Waals surface area contributed by atoms with E-state index in [-0.39, 0.29) is 23.4 Å². The van der Waals surface area contributed by atoms with E-state index >= 15 is 4.39 Å². The molecule has 0 aliphatic heterocycles. The number of nitrogens with zero attached hydrogens (tertiary/aromatic N) is 6. The normalized spacial score (nSPS) is 10.8. The smallest absolute Gasteiger partial charge is 0.247 e. The number of anilines is 2. The Morgan fingerprint density at radius 3 is 2.58 bits per heavy atom. The molecule has 0 spiro atoms. The van der Waals surface area contributed by atoms with Crippen molar-refractivity contribution in [3.63, 3.8) is 0 Å². The maximum absolute atomic E-state index is 15.2. The lowest BCUT2D eigenvalue weighted by Gasteiger charge is -2.09. The summed E-state index contributed by atoms with van der Waals surface area (Å²) in [6, 6.07) is 13.1. The Hall–Kier alpha value is -5.19. The molecule has 5 aromatic rings. The van der Waals surface area contributed by atoms with E-state index < -0.39 is 5.82 Å². The largest absolute Gasteiger partial charge is 0.436 e. The van der Waals surface area contributed by atoms with E-state index in [1.807, 2.05) is 0 Å². The van der Waals surface area contributed by atoms with Crippen LogP contribution in [0.3, 0.4) is 0 Å².